The molecule has 0 heterocycles. The summed E-state index contributed by atoms with van der Waals surface area (Å²) in [6, 6.07) is 7.68. The zero-order valence-electron chi connectivity index (χ0n) is 12.2. The zero-order valence-corrected chi connectivity index (χ0v) is 12.9. The number of aryl methyl sites for hydroxylation is 3. The van der Waals surface area contributed by atoms with Crippen molar-refractivity contribution in [1.82, 2.24) is 0 Å². The van der Waals surface area contributed by atoms with Gasteiger partial charge in [0, 0.05) is 16.8 Å². The Hall–Kier alpha value is -1.80. The van der Waals surface area contributed by atoms with Crippen molar-refractivity contribution in [1.29, 1.82) is 0 Å². The van der Waals surface area contributed by atoms with E-state index in [4.69, 9.17) is 11.6 Å². The van der Waals surface area contributed by atoms with Crippen LogP contribution < -0.4 is 0 Å². The van der Waals surface area contributed by atoms with Crippen molar-refractivity contribution in [3.8, 4) is 5.75 Å². The number of nitrogens with zero attached hydrogens (tertiary/aromatic N) is 1. The minimum absolute atomic E-state index is 0.206. The number of aromatic hydroxyl groups is 1. The van der Waals surface area contributed by atoms with Crippen molar-refractivity contribution in [3.05, 3.63) is 57.1 Å². The number of aliphatic imine (C=N–C) groups is 1. The summed E-state index contributed by atoms with van der Waals surface area (Å²) in [4.78, 5) is 4.43. The van der Waals surface area contributed by atoms with E-state index in [0.29, 0.717) is 10.6 Å². The Labute approximate surface area is 124 Å². The van der Waals surface area contributed by atoms with Gasteiger partial charge in [0.25, 0.3) is 0 Å². The quantitative estimate of drug-likeness (QED) is 0.772. The summed E-state index contributed by atoms with van der Waals surface area (Å²) >= 11 is 6.21. The van der Waals surface area contributed by atoms with E-state index in [0.717, 1.165) is 16.8 Å². The number of phenolic OH excluding ortho intramolecular Hbond substituents is 1. The van der Waals surface area contributed by atoms with Crippen LogP contribution in [0.3, 0.4) is 0 Å². The van der Waals surface area contributed by atoms with Crippen LogP contribution in [0.4, 0.5) is 5.69 Å². The second-order valence-corrected chi connectivity index (χ2v) is 5.47. The normalized spacial score (nSPS) is 11.2. The molecular formula is C17H18ClNO. The highest BCUT2D eigenvalue weighted by atomic mass is 35.5. The van der Waals surface area contributed by atoms with E-state index in [2.05, 4.69) is 18.8 Å². The van der Waals surface area contributed by atoms with E-state index in [1.807, 2.05) is 32.0 Å². The first-order chi connectivity index (χ1) is 9.40. The van der Waals surface area contributed by atoms with Crippen molar-refractivity contribution in [2.24, 2.45) is 4.99 Å². The molecule has 0 atom stereocenters. The molecule has 0 amide bonds. The van der Waals surface area contributed by atoms with Gasteiger partial charge in [0.15, 0.2) is 0 Å². The van der Waals surface area contributed by atoms with Gasteiger partial charge < -0.3 is 5.11 Å². The van der Waals surface area contributed by atoms with E-state index < -0.39 is 0 Å². The van der Waals surface area contributed by atoms with Gasteiger partial charge in [0.2, 0.25) is 0 Å². The van der Waals surface area contributed by atoms with Gasteiger partial charge in [-0.25, -0.2) is 0 Å². The van der Waals surface area contributed by atoms with Gasteiger partial charge >= 0.3 is 0 Å². The van der Waals surface area contributed by atoms with E-state index in [9.17, 15) is 5.11 Å². The summed E-state index contributed by atoms with van der Waals surface area (Å²) in [5.41, 5.74) is 5.67. The number of halogens is 1. The third-order valence-corrected chi connectivity index (χ3v) is 4.12. The second-order valence-electron chi connectivity index (χ2n) is 5.09. The van der Waals surface area contributed by atoms with Crippen LogP contribution in [0.1, 0.15) is 27.8 Å². The van der Waals surface area contributed by atoms with Gasteiger partial charge in [-0.2, -0.15) is 0 Å². The van der Waals surface area contributed by atoms with Crippen LogP contribution >= 0.6 is 11.6 Å². The lowest BCUT2D eigenvalue weighted by molar-refractivity contribution is 0.473. The molecular weight excluding hydrogens is 270 g/mol. The molecule has 0 saturated heterocycles. The minimum atomic E-state index is 0.206. The van der Waals surface area contributed by atoms with Crippen molar-refractivity contribution < 1.29 is 5.11 Å². The predicted octanol–water partition coefficient (Wildman–Crippen LogP) is 5.03. The van der Waals surface area contributed by atoms with E-state index >= 15 is 0 Å². The summed E-state index contributed by atoms with van der Waals surface area (Å²) < 4.78 is 0. The fraction of sp³-hybridized carbons (Fsp3) is 0.235. The lowest BCUT2D eigenvalue weighted by Crippen LogP contribution is -1.92. The molecule has 0 aliphatic heterocycles. The van der Waals surface area contributed by atoms with E-state index in [1.54, 1.807) is 12.3 Å². The molecule has 0 fully saturated rings. The Morgan fingerprint density at radius 3 is 2.35 bits per heavy atom. The summed E-state index contributed by atoms with van der Waals surface area (Å²) in [6.07, 6.45) is 1.67. The maximum absolute atomic E-state index is 10.0. The van der Waals surface area contributed by atoms with Gasteiger partial charge in [-0.3, -0.25) is 4.99 Å². The highest BCUT2D eigenvalue weighted by Gasteiger charge is 2.09. The topological polar surface area (TPSA) is 32.6 Å². The number of rotatable bonds is 2. The Morgan fingerprint density at radius 1 is 1.00 bits per heavy atom. The van der Waals surface area contributed by atoms with Crippen molar-refractivity contribution in [2.45, 2.75) is 27.7 Å². The average molecular weight is 288 g/mol. The highest BCUT2D eigenvalue weighted by Crippen LogP contribution is 2.30. The molecule has 0 bridgehead atoms. The smallest absolute Gasteiger partial charge is 0.124 e. The minimum Gasteiger partial charge on any atom is -0.507 e. The van der Waals surface area contributed by atoms with Crippen molar-refractivity contribution in [3.63, 3.8) is 0 Å². The number of benzene rings is 2. The van der Waals surface area contributed by atoms with Gasteiger partial charge in [-0.05, 0) is 68.1 Å². The van der Waals surface area contributed by atoms with Gasteiger partial charge in [0.05, 0.1) is 5.69 Å². The molecule has 0 aliphatic rings. The van der Waals surface area contributed by atoms with Crippen LogP contribution in [0.5, 0.6) is 5.75 Å². The van der Waals surface area contributed by atoms with Crippen LogP contribution in [0.25, 0.3) is 0 Å². The van der Waals surface area contributed by atoms with Gasteiger partial charge in [-0.1, -0.05) is 17.7 Å². The van der Waals surface area contributed by atoms with Gasteiger partial charge in [-0.15, -0.1) is 0 Å². The molecule has 1 N–H and O–H groups in total. The van der Waals surface area contributed by atoms with Crippen LogP contribution in [0, 0.1) is 27.7 Å². The maximum atomic E-state index is 10.0. The molecule has 0 spiro atoms. The number of hydrogen-bond donors (Lipinski definition) is 1. The third-order valence-electron chi connectivity index (χ3n) is 3.54. The Kier molecular flexibility index (Phi) is 4.15. The molecule has 0 saturated carbocycles. The van der Waals surface area contributed by atoms with Crippen LogP contribution in [-0.4, -0.2) is 11.3 Å². The highest BCUT2D eigenvalue weighted by molar-refractivity contribution is 6.32. The molecule has 0 unspecified atom stereocenters. The molecule has 3 heteroatoms. The molecule has 0 aromatic heterocycles. The molecule has 2 aromatic rings. The third kappa shape index (κ3) is 2.86. The predicted molar refractivity (Wildman–Crippen MR) is 85.8 cm³/mol. The average Bonchev–Trinajstić information content (AvgIpc) is 2.40. The molecule has 0 aliphatic carbocycles. The molecule has 2 aromatic carbocycles. The molecule has 2 rings (SSSR count). The first-order valence-corrected chi connectivity index (χ1v) is 6.88. The standard InChI is InChI=1S/C17H18ClNO/c1-10-5-6-14(7-11(10)2)19-9-15-13(4)17(18)12(3)8-16(15)20/h5-9,20H,1-4H3. The fourth-order valence-electron chi connectivity index (χ4n) is 2.06. The Bertz CT molecular complexity index is 690. The molecule has 20 heavy (non-hydrogen) atoms. The Morgan fingerprint density at radius 2 is 1.70 bits per heavy atom. The Balaban J connectivity index is 2.41. The lowest BCUT2D eigenvalue weighted by atomic mass is 10.0. The molecule has 2 nitrogen and oxygen atoms in total. The lowest BCUT2D eigenvalue weighted by Gasteiger charge is -2.08. The molecule has 104 valence electrons. The largest absolute Gasteiger partial charge is 0.507 e. The summed E-state index contributed by atoms with van der Waals surface area (Å²) in [6.45, 7) is 7.88. The molecule has 0 radical (unpaired) electrons. The van der Waals surface area contributed by atoms with E-state index in [1.165, 1.54) is 11.1 Å². The fourth-order valence-corrected chi connectivity index (χ4v) is 2.22. The van der Waals surface area contributed by atoms with E-state index in [-0.39, 0.29) is 5.75 Å². The first-order valence-electron chi connectivity index (χ1n) is 6.50. The monoisotopic (exact) mass is 287 g/mol. The zero-order chi connectivity index (χ0) is 14.9. The summed E-state index contributed by atoms with van der Waals surface area (Å²) in [5.74, 6) is 0.206. The van der Waals surface area contributed by atoms with Crippen LogP contribution in [0.15, 0.2) is 29.3 Å². The first kappa shape index (κ1) is 14.6. The number of hydrogen-bond acceptors (Lipinski definition) is 2. The van der Waals surface area contributed by atoms with Crippen LogP contribution in [0.2, 0.25) is 5.02 Å². The van der Waals surface area contributed by atoms with Crippen LogP contribution in [-0.2, 0) is 0 Å². The summed E-state index contributed by atoms with van der Waals surface area (Å²) in [7, 11) is 0. The summed E-state index contributed by atoms with van der Waals surface area (Å²) in [5, 5.41) is 10.7. The number of phenols is 1. The van der Waals surface area contributed by atoms with Crippen molar-refractivity contribution in [2.75, 3.05) is 0 Å². The van der Waals surface area contributed by atoms with Crippen molar-refractivity contribution >= 4 is 23.5 Å². The second kappa shape index (κ2) is 5.68. The van der Waals surface area contributed by atoms with Gasteiger partial charge in [0.1, 0.15) is 5.75 Å². The SMILES string of the molecule is Cc1ccc(N=Cc2c(O)cc(C)c(Cl)c2C)cc1C. The maximum Gasteiger partial charge on any atom is 0.124 e.